The summed E-state index contributed by atoms with van der Waals surface area (Å²) in [4.78, 5) is 27.7. The Kier molecular flexibility index (Phi) is 7.89. The van der Waals surface area contributed by atoms with E-state index < -0.39 is 23.8 Å². The number of benzene rings is 1. The average Bonchev–Trinajstić information content (AvgIpc) is 3.45. The van der Waals surface area contributed by atoms with E-state index in [0.717, 1.165) is 50.5 Å². The monoisotopic (exact) mass is 498 g/mol. The number of rotatable bonds is 6. The molecule has 7 nitrogen and oxygen atoms in total. The summed E-state index contributed by atoms with van der Waals surface area (Å²) in [5.41, 5.74) is 0.746. The number of fused-ring (bicyclic) bond motifs is 2. The Balaban J connectivity index is 1.40. The van der Waals surface area contributed by atoms with Gasteiger partial charge >= 0.3 is 6.09 Å². The minimum atomic E-state index is -0.886. The molecule has 4 rings (SSSR count). The molecule has 2 saturated carbocycles. The Morgan fingerprint density at radius 3 is 2.53 bits per heavy atom. The summed E-state index contributed by atoms with van der Waals surface area (Å²) in [6.07, 6.45) is 6.28. The van der Waals surface area contributed by atoms with Gasteiger partial charge < -0.3 is 15.4 Å². The van der Waals surface area contributed by atoms with Crippen molar-refractivity contribution in [1.82, 2.24) is 15.5 Å². The van der Waals surface area contributed by atoms with Gasteiger partial charge in [0, 0.05) is 18.5 Å². The molecular formula is C28H39FN4O3. The summed E-state index contributed by atoms with van der Waals surface area (Å²) in [6.45, 7) is 5.40. The van der Waals surface area contributed by atoms with Crippen molar-refractivity contribution in [2.75, 3.05) is 7.05 Å². The number of nitrogens with one attached hydrogen (secondary N) is 2. The average molecular weight is 499 g/mol. The zero-order valence-corrected chi connectivity index (χ0v) is 21.9. The lowest BCUT2D eigenvalue weighted by Gasteiger charge is -2.35. The highest BCUT2D eigenvalue weighted by Gasteiger charge is 2.52. The Bertz CT molecular complexity index is 1010. The van der Waals surface area contributed by atoms with Crippen molar-refractivity contribution in [3.05, 3.63) is 35.1 Å². The van der Waals surface area contributed by atoms with Gasteiger partial charge in [-0.3, -0.25) is 9.69 Å². The number of likely N-dealkylation sites (tertiary alicyclic amines) is 1. The molecule has 0 spiro atoms. The van der Waals surface area contributed by atoms with E-state index in [1.807, 2.05) is 13.1 Å². The molecule has 2 bridgehead atoms. The number of piperidine rings is 1. The third kappa shape index (κ3) is 5.83. The summed E-state index contributed by atoms with van der Waals surface area (Å²) in [7, 11) is 1.98. The predicted molar refractivity (Wildman–Crippen MR) is 135 cm³/mol. The van der Waals surface area contributed by atoms with Crippen LogP contribution < -0.4 is 10.6 Å². The zero-order chi connectivity index (χ0) is 26.0. The number of nitrogens with zero attached hydrogens (tertiary/aromatic N) is 2. The second kappa shape index (κ2) is 10.8. The molecule has 3 aliphatic rings. The summed E-state index contributed by atoms with van der Waals surface area (Å²) >= 11 is 0. The van der Waals surface area contributed by atoms with Gasteiger partial charge in [0.25, 0.3) is 0 Å². The molecule has 0 unspecified atom stereocenters. The van der Waals surface area contributed by atoms with Crippen molar-refractivity contribution in [3.63, 3.8) is 0 Å². The zero-order valence-electron chi connectivity index (χ0n) is 21.9. The molecule has 2 aliphatic carbocycles. The van der Waals surface area contributed by atoms with Crippen LogP contribution in [0.25, 0.3) is 0 Å². The molecule has 1 heterocycles. The lowest BCUT2D eigenvalue weighted by atomic mass is 9.81. The van der Waals surface area contributed by atoms with Gasteiger partial charge in [-0.15, -0.1) is 0 Å². The molecule has 1 aliphatic heterocycles. The molecule has 3 fully saturated rings. The molecule has 1 saturated heterocycles. The molecule has 0 aromatic heterocycles. The molecule has 196 valence electrons. The third-order valence-electron chi connectivity index (χ3n) is 8.04. The van der Waals surface area contributed by atoms with Gasteiger partial charge in [-0.2, -0.15) is 5.26 Å². The van der Waals surface area contributed by atoms with Crippen molar-refractivity contribution in [2.45, 2.75) is 108 Å². The third-order valence-corrected chi connectivity index (χ3v) is 8.04. The van der Waals surface area contributed by atoms with Crippen molar-refractivity contribution < 1.29 is 18.7 Å². The van der Waals surface area contributed by atoms with Gasteiger partial charge in [-0.05, 0) is 102 Å². The number of hydrogen-bond acceptors (Lipinski definition) is 5. The molecule has 1 aromatic carbocycles. The first-order valence-electron chi connectivity index (χ1n) is 13.3. The minimum absolute atomic E-state index is 0.0192. The molecule has 2 amide bonds. The van der Waals surface area contributed by atoms with Crippen LogP contribution in [-0.4, -0.2) is 53.7 Å². The highest BCUT2D eigenvalue weighted by atomic mass is 19.1. The van der Waals surface area contributed by atoms with Crippen LogP contribution in [0.1, 0.15) is 82.8 Å². The van der Waals surface area contributed by atoms with Gasteiger partial charge in [0.2, 0.25) is 5.91 Å². The first-order chi connectivity index (χ1) is 17.1. The van der Waals surface area contributed by atoms with Gasteiger partial charge in [0.1, 0.15) is 23.5 Å². The number of hydrogen-bond donors (Lipinski definition) is 2. The van der Waals surface area contributed by atoms with Gasteiger partial charge in [0.05, 0.1) is 6.07 Å². The lowest BCUT2D eigenvalue weighted by Crippen LogP contribution is -2.55. The van der Waals surface area contributed by atoms with E-state index in [-0.39, 0.29) is 30.1 Å². The first kappa shape index (κ1) is 26.4. The number of carbonyl (C=O) groups excluding carboxylic acids is 2. The molecular weight excluding hydrogens is 459 g/mol. The normalized spacial score (nSPS) is 28.4. The van der Waals surface area contributed by atoms with Crippen LogP contribution in [0.4, 0.5) is 9.18 Å². The standard InChI is InChI=1S/C28H39FN4O3/c1-28(2,3)36-27(35)33-23-12-9-20(14-23)25(33)26(34)32-22(16-30)13-19-6-5-18(15-24(19)29)17-7-10-21(31-4)11-8-17/h5-6,15,17,20-23,25,31H,7-14H2,1-4H3,(H,32,34)/t17?,20-,21?,22-,23+,25-/m0/s1. The van der Waals surface area contributed by atoms with E-state index in [9.17, 15) is 14.9 Å². The fourth-order valence-electron chi connectivity index (χ4n) is 6.21. The van der Waals surface area contributed by atoms with Crippen LogP contribution in [0.15, 0.2) is 18.2 Å². The highest BCUT2D eigenvalue weighted by Crippen LogP contribution is 2.43. The first-order valence-corrected chi connectivity index (χ1v) is 13.3. The Morgan fingerprint density at radius 1 is 1.19 bits per heavy atom. The van der Waals surface area contributed by atoms with E-state index in [1.54, 1.807) is 37.8 Å². The van der Waals surface area contributed by atoms with E-state index >= 15 is 4.39 Å². The lowest BCUT2D eigenvalue weighted by molar-refractivity contribution is -0.128. The fraction of sp³-hybridized carbons (Fsp3) is 0.679. The van der Waals surface area contributed by atoms with E-state index in [0.29, 0.717) is 17.5 Å². The molecule has 0 radical (unpaired) electrons. The van der Waals surface area contributed by atoms with Gasteiger partial charge in [-0.1, -0.05) is 12.1 Å². The van der Waals surface area contributed by atoms with Crippen LogP contribution in [0.3, 0.4) is 0 Å². The Labute approximate surface area is 213 Å². The van der Waals surface area contributed by atoms with Crippen molar-refractivity contribution in [3.8, 4) is 6.07 Å². The molecule has 2 N–H and O–H groups in total. The van der Waals surface area contributed by atoms with Crippen LogP contribution in [0.5, 0.6) is 0 Å². The van der Waals surface area contributed by atoms with Crippen LogP contribution in [0.2, 0.25) is 0 Å². The second-order valence-corrected chi connectivity index (χ2v) is 11.6. The minimum Gasteiger partial charge on any atom is -0.444 e. The maximum atomic E-state index is 15.0. The SMILES string of the molecule is CNC1CCC(c2ccc(C[C@@H](C#N)NC(=O)[C@@H]3[C@H]4CC[C@H](C4)N3C(=O)OC(C)(C)C)c(F)c2)CC1. The second-order valence-electron chi connectivity index (χ2n) is 11.6. The molecule has 1 aromatic rings. The fourth-order valence-corrected chi connectivity index (χ4v) is 6.21. The highest BCUT2D eigenvalue weighted by molar-refractivity contribution is 5.87. The number of carbonyl (C=O) groups is 2. The van der Waals surface area contributed by atoms with Crippen LogP contribution in [-0.2, 0) is 16.0 Å². The van der Waals surface area contributed by atoms with E-state index in [2.05, 4.69) is 16.7 Å². The van der Waals surface area contributed by atoms with Gasteiger partial charge in [-0.25, -0.2) is 9.18 Å². The number of ether oxygens (including phenoxy) is 1. The number of nitriles is 1. The number of halogens is 1. The smallest absolute Gasteiger partial charge is 0.411 e. The summed E-state index contributed by atoms with van der Waals surface area (Å²) in [5.74, 6) is -0.303. The van der Waals surface area contributed by atoms with Crippen LogP contribution in [0, 0.1) is 23.1 Å². The predicted octanol–water partition coefficient (Wildman–Crippen LogP) is 4.41. The maximum Gasteiger partial charge on any atom is 0.411 e. The van der Waals surface area contributed by atoms with E-state index in [4.69, 9.17) is 4.74 Å². The molecule has 36 heavy (non-hydrogen) atoms. The van der Waals surface area contributed by atoms with Crippen molar-refractivity contribution >= 4 is 12.0 Å². The topological polar surface area (TPSA) is 94.5 Å². The molecule has 8 heteroatoms. The Morgan fingerprint density at radius 2 is 1.92 bits per heavy atom. The van der Waals surface area contributed by atoms with Crippen molar-refractivity contribution in [1.29, 1.82) is 5.26 Å². The quantitative estimate of drug-likeness (QED) is 0.606. The summed E-state index contributed by atoms with van der Waals surface area (Å²) in [6, 6.07) is 6.38. The number of amides is 2. The largest absolute Gasteiger partial charge is 0.444 e. The summed E-state index contributed by atoms with van der Waals surface area (Å²) < 4.78 is 20.6. The van der Waals surface area contributed by atoms with Crippen molar-refractivity contribution in [2.24, 2.45) is 5.92 Å². The maximum absolute atomic E-state index is 15.0. The van der Waals surface area contributed by atoms with Gasteiger partial charge in [0.15, 0.2) is 0 Å². The van der Waals surface area contributed by atoms with Crippen LogP contribution >= 0.6 is 0 Å². The van der Waals surface area contributed by atoms with E-state index in [1.165, 1.54) is 0 Å². The summed E-state index contributed by atoms with van der Waals surface area (Å²) in [5, 5.41) is 15.8. The Hall–Kier alpha value is -2.66. The molecule has 4 atom stereocenters.